The van der Waals surface area contributed by atoms with E-state index in [0.29, 0.717) is 23.0 Å². The third kappa shape index (κ3) is 5.36. The van der Waals surface area contributed by atoms with Crippen molar-refractivity contribution < 1.29 is 19.1 Å². The second-order valence-corrected chi connectivity index (χ2v) is 5.05. The van der Waals surface area contributed by atoms with E-state index in [-0.39, 0.29) is 0 Å². The van der Waals surface area contributed by atoms with E-state index < -0.39 is 18.5 Å². The lowest BCUT2D eigenvalue weighted by atomic mass is 10.1. The molecule has 0 fully saturated rings. The van der Waals surface area contributed by atoms with Gasteiger partial charge in [0.05, 0.1) is 17.2 Å². The minimum Gasteiger partial charge on any atom is -0.452 e. The second-order valence-electron chi connectivity index (χ2n) is 4.62. The first-order chi connectivity index (χ1) is 11.1. The molecule has 0 radical (unpaired) electrons. The standard InChI is InChI=1S/C16H15ClN2O4/c1-22-9-11-2-4-12(5-3-11)16(21)23-10-15(20)19-14-7-6-13(17)8-18-14/h2-8H,9-10H2,1H3,(H,18,19,20). The Hall–Kier alpha value is -2.44. The highest BCUT2D eigenvalue weighted by Crippen LogP contribution is 2.10. The van der Waals surface area contributed by atoms with Crippen molar-refractivity contribution in [3.63, 3.8) is 0 Å². The first kappa shape index (κ1) is 16.9. The molecule has 1 heterocycles. The first-order valence-electron chi connectivity index (χ1n) is 6.75. The molecule has 120 valence electrons. The normalized spacial score (nSPS) is 10.2. The smallest absolute Gasteiger partial charge is 0.338 e. The van der Waals surface area contributed by atoms with E-state index in [1.165, 1.54) is 6.20 Å². The topological polar surface area (TPSA) is 77.5 Å². The summed E-state index contributed by atoms with van der Waals surface area (Å²) in [6, 6.07) is 9.91. The Balaban J connectivity index is 1.83. The lowest BCUT2D eigenvalue weighted by Crippen LogP contribution is -2.21. The predicted octanol–water partition coefficient (Wildman–Crippen LogP) is 2.68. The lowest BCUT2D eigenvalue weighted by Gasteiger charge is -2.06. The van der Waals surface area contributed by atoms with Gasteiger partial charge in [0.2, 0.25) is 0 Å². The third-order valence-electron chi connectivity index (χ3n) is 2.83. The average Bonchev–Trinajstić information content (AvgIpc) is 2.56. The summed E-state index contributed by atoms with van der Waals surface area (Å²) in [7, 11) is 1.59. The van der Waals surface area contributed by atoms with Gasteiger partial charge in [0.1, 0.15) is 5.82 Å². The van der Waals surface area contributed by atoms with Gasteiger partial charge in [0.25, 0.3) is 5.91 Å². The van der Waals surface area contributed by atoms with Gasteiger partial charge >= 0.3 is 5.97 Å². The van der Waals surface area contributed by atoms with Crippen LogP contribution in [0.3, 0.4) is 0 Å². The molecule has 0 spiro atoms. The Bertz CT molecular complexity index is 671. The Morgan fingerprint density at radius 1 is 1.17 bits per heavy atom. The van der Waals surface area contributed by atoms with Crippen LogP contribution in [0.1, 0.15) is 15.9 Å². The summed E-state index contributed by atoms with van der Waals surface area (Å²) >= 11 is 5.70. The van der Waals surface area contributed by atoms with Gasteiger partial charge in [-0.1, -0.05) is 23.7 Å². The molecular weight excluding hydrogens is 320 g/mol. The van der Waals surface area contributed by atoms with Crippen LogP contribution >= 0.6 is 11.6 Å². The minimum absolute atomic E-state index is 0.333. The monoisotopic (exact) mass is 334 g/mol. The van der Waals surface area contributed by atoms with Crippen molar-refractivity contribution in [3.05, 3.63) is 58.7 Å². The van der Waals surface area contributed by atoms with Gasteiger partial charge in [-0.15, -0.1) is 0 Å². The number of esters is 1. The number of carbonyl (C=O) groups is 2. The van der Waals surface area contributed by atoms with Crippen LogP contribution in [0.25, 0.3) is 0 Å². The summed E-state index contributed by atoms with van der Waals surface area (Å²) in [5.41, 5.74) is 1.30. The van der Waals surface area contributed by atoms with E-state index in [1.807, 2.05) is 0 Å². The van der Waals surface area contributed by atoms with Crippen molar-refractivity contribution in [1.82, 2.24) is 4.98 Å². The summed E-state index contributed by atoms with van der Waals surface area (Å²) in [6.45, 7) is 0.0643. The molecule has 0 aliphatic carbocycles. The van der Waals surface area contributed by atoms with Crippen LogP contribution in [0.4, 0.5) is 5.82 Å². The van der Waals surface area contributed by atoms with E-state index in [0.717, 1.165) is 5.56 Å². The highest BCUT2D eigenvalue weighted by atomic mass is 35.5. The Morgan fingerprint density at radius 2 is 1.91 bits per heavy atom. The van der Waals surface area contributed by atoms with Crippen molar-refractivity contribution in [2.75, 3.05) is 19.0 Å². The molecule has 1 aromatic heterocycles. The van der Waals surface area contributed by atoms with Crippen molar-refractivity contribution in [3.8, 4) is 0 Å². The molecule has 0 atom stereocenters. The van der Waals surface area contributed by atoms with E-state index in [2.05, 4.69) is 10.3 Å². The Kier molecular flexibility index (Phi) is 6.08. The quantitative estimate of drug-likeness (QED) is 0.822. The Morgan fingerprint density at radius 3 is 2.52 bits per heavy atom. The molecule has 0 saturated carbocycles. The highest BCUT2D eigenvalue weighted by molar-refractivity contribution is 6.30. The molecule has 1 amide bonds. The number of nitrogens with one attached hydrogen (secondary N) is 1. The molecule has 1 aromatic carbocycles. The molecular formula is C16H15ClN2O4. The number of ether oxygens (including phenoxy) is 2. The molecule has 6 nitrogen and oxygen atoms in total. The summed E-state index contributed by atoms with van der Waals surface area (Å²) in [4.78, 5) is 27.5. The maximum absolute atomic E-state index is 11.8. The molecule has 2 aromatic rings. The molecule has 0 saturated heterocycles. The van der Waals surface area contributed by atoms with Gasteiger partial charge in [-0.05, 0) is 29.8 Å². The zero-order chi connectivity index (χ0) is 16.7. The summed E-state index contributed by atoms with van der Waals surface area (Å²) < 4.78 is 9.94. The molecule has 2 rings (SSSR count). The summed E-state index contributed by atoms with van der Waals surface area (Å²) in [6.07, 6.45) is 1.41. The predicted molar refractivity (Wildman–Crippen MR) is 85.3 cm³/mol. The largest absolute Gasteiger partial charge is 0.452 e. The number of anilines is 1. The van der Waals surface area contributed by atoms with E-state index in [9.17, 15) is 9.59 Å². The van der Waals surface area contributed by atoms with Gasteiger partial charge in [-0.3, -0.25) is 4.79 Å². The number of rotatable bonds is 6. The SMILES string of the molecule is COCc1ccc(C(=O)OCC(=O)Nc2ccc(Cl)cn2)cc1. The van der Waals surface area contributed by atoms with Gasteiger partial charge < -0.3 is 14.8 Å². The van der Waals surface area contributed by atoms with Crippen LogP contribution in [0.2, 0.25) is 5.02 Å². The van der Waals surface area contributed by atoms with Crippen molar-refractivity contribution >= 4 is 29.3 Å². The maximum atomic E-state index is 11.8. The molecule has 0 aliphatic heterocycles. The number of hydrogen-bond acceptors (Lipinski definition) is 5. The zero-order valence-corrected chi connectivity index (χ0v) is 13.2. The molecule has 1 N–H and O–H groups in total. The van der Waals surface area contributed by atoms with Crippen LogP contribution < -0.4 is 5.32 Å². The first-order valence-corrected chi connectivity index (χ1v) is 7.12. The van der Waals surface area contributed by atoms with Crippen LogP contribution in [-0.2, 0) is 20.9 Å². The fourth-order valence-corrected chi connectivity index (χ4v) is 1.86. The molecule has 0 aliphatic rings. The number of hydrogen-bond donors (Lipinski definition) is 1. The second kappa shape index (κ2) is 8.26. The van der Waals surface area contributed by atoms with Crippen molar-refractivity contribution in [1.29, 1.82) is 0 Å². The Labute approximate surface area is 138 Å². The number of amides is 1. The van der Waals surface area contributed by atoms with Crippen LogP contribution in [0, 0.1) is 0 Å². The fraction of sp³-hybridized carbons (Fsp3) is 0.188. The van der Waals surface area contributed by atoms with Gasteiger partial charge in [-0.2, -0.15) is 0 Å². The van der Waals surface area contributed by atoms with E-state index in [1.54, 1.807) is 43.5 Å². The number of halogens is 1. The highest BCUT2D eigenvalue weighted by Gasteiger charge is 2.10. The molecule has 23 heavy (non-hydrogen) atoms. The fourth-order valence-electron chi connectivity index (χ4n) is 1.75. The maximum Gasteiger partial charge on any atom is 0.338 e. The van der Waals surface area contributed by atoms with Gasteiger partial charge in [0, 0.05) is 13.3 Å². The molecule has 0 bridgehead atoms. The van der Waals surface area contributed by atoms with Gasteiger partial charge in [-0.25, -0.2) is 9.78 Å². The van der Waals surface area contributed by atoms with E-state index in [4.69, 9.17) is 21.1 Å². The van der Waals surface area contributed by atoms with E-state index >= 15 is 0 Å². The van der Waals surface area contributed by atoms with Crippen LogP contribution in [0.15, 0.2) is 42.6 Å². The van der Waals surface area contributed by atoms with Crippen molar-refractivity contribution in [2.24, 2.45) is 0 Å². The average molecular weight is 335 g/mol. The molecule has 7 heteroatoms. The number of nitrogens with zero attached hydrogens (tertiary/aromatic N) is 1. The zero-order valence-electron chi connectivity index (χ0n) is 12.4. The number of pyridine rings is 1. The number of benzene rings is 1. The molecule has 0 unspecified atom stereocenters. The van der Waals surface area contributed by atoms with Crippen molar-refractivity contribution in [2.45, 2.75) is 6.61 Å². The number of methoxy groups -OCH3 is 1. The van der Waals surface area contributed by atoms with Crippen LogP contribution in [0.5, 0.6) is 0 Å². The lowest BCUT2D eigenvalue weighted by molar-refractivity contribution is -0.119. The van der Waals surface area contributed by atoms with Gasteiger partial charge in [0.15, 0.2) is 6.61 Å². The summed E-state index contributed by atoms with van der Waals surface area (Å²) in [5.74, 6) is -0.725. The third-order valence-corrected chi connectivity index (χ3v) is 3.05. The minimum atomic E-state index is -0.576. The number of aromatic nitrogens is 1. The summed E-state index contributed by atoms with van der Waals surface area (Å²) in [5, 5.41) is 2.96. The van der Waals surface area contributed by atoms with Crippen LogP contribution in [-0.4, -0.2) is 30.6 Å². The number of carbonyl (C=O) groups excluding carboxylic acids is 2.